The molecule has 1 fully saturated rings. The van der Waals surface area contributed by atoms with Crippen LogP contribution in [0.25, 0.3) is 5.69 Å². The highest BCUT2D eigenvalue weighted by molar-refractivity contribution is 7.12. The summed E-state index contributed by atoms with van der Waals surface area (Å²) in [6, 6.07) is 1.80. The summed E-state index contributed by atoms with van der Waals surface area (Å²) in [6.07, 6.45) is 5.16. The van der Waals surface area contributed by atoms with E-state index in [1.54, 1.807) is 6.07 Å². The monoisotopic (exact) mass is 293 g/mol. The number of amides is 1. The quantitative estimate of drug-likeness (QED) is 0.868. The second kappa shape index (κ2) is 5.29. The van der Waals surface area contributed by atoms with Crippen LogP contribution in [-0.4, -0.2) is 43.4 Å². The van der Waals surface area contributed by atoms with Gasteiger partial charge in [0.25, 0.3) is 5.91 Å². The second-order valence-electron chi connectivity index (χ2n) is 4.99. The molecule has 7 nitrogen and oxygen atoms in total. The van der Waals surface area contributed by atoms with Crippen molar-refractivity contribution in [3.05, 3.63) is 22.7 Å². The van der Waals surface area contributed by atoms with Crippen molar-refractivity contribution in [1.29, 1.82) is 0 Å². The van der Waals surface area contributed by atoms with Crippen LogP contribution in [0.4, 0.5) is 0 Å². The lowest BCUT2D eigenvalue weighted by molar-refractivity contribution is 0.0842. The Morgan fingerprint density at radius 2 is 2.30 bits per heavy atom. The third-order valence-electron chi connectivity index (χ3n) is 3.69. The van der Waals surface area contributed by atoms with Crippen LogP contribution in [0.5, 0.6) is 0 Å². The largest absolute Gasteiger partial charge is 0.394 e. The van der Waals surface area contributed by atoms with Gasteiger partial charge in [-0.15, -0.1) is 16.4 Å². The molecule has 1 aliphatic carbocycles. The topological polar surface area (TPSA) is 92.9 Å². The predicted octanol–water partition coefficient (Wildman–Crippen LogP) is 0.759. The lowest BCUT2D eigenvalue weighted by Gasteiger charge is -2.27. The van der Waals surface area contributed by atoms with Crippen molar-refractivity contribution in [3.8, 4) is 5.69 Å². The number of carbonyl (C=O) groups excluding carboxylic acids is 1. The first kappa shape index (κ1) is 13.2. The highest BCUT2D eigenvalue weighted by Gasteiger charge is 2.35. The van der Waals surface area contributed by atoms with Crippen molar-refractivity contribution < 1.29 is 9.90 Å². The van der Waals surface area contributed by atoms with E-state index in [0.29, 0.717) is 10.6 Å². The lowest BCUT2D eigenvalue weighted by atomic mass is 9.99. The number of nitrogens with zero attached hydrogens (tertiary/aromatic N) is 4. The molecule has 3 rings (SSSR count). The van der Waals surface area contributed by atoms with Gasteiger partial charge < -0.3 is 10.4 Å². The normalized spacial score (nSPS) is 17.2. The first-order valence-corrected chi connectivity index (χ1v) is 7.36. The number of aromatic nitrogens is 4. The van der Waals surface area contributed by atoms with Crippen LogP contribution in [0.3, 0.4) is 0 Å². The molecule has 2 aromatic heterocycles. The molecule has 0 saturated heterocycles. The van der Waals surface area contributed by atoms with Crippen LogP contribution in [0.2, 0.25) is 0 Å². The van der Waals surface area contributed by atoms with Gasteiger partial charge in [-0.25, -0.2) is 0 Å². The minimum Gasteiger partial charge on any atom is -0.394 e. The number of thiophene rings is 1. The Balaban J connectivity index is 1.83. The van der Waals surface area contributed by atoms with Gasteiger partial charge in [0.05, 0.1) is 17.8 Å². The summed E-state index contributed by atoms with van der Waals surface area (Å²) in [4.78, 5) is 13.0. The van der Waals surface area contributed by atoms with Crippen molar-refractivity contribution >= 4 is 17.2 Å². The maximum Gasteiger partial charge on any atom is 0.264 e. The molecule has 0 atom stereocenters. The van der Waals surface area contributed by atoms with E-state index in [0.717, 1.165) is 25.7 Å². The summed E-state index contributed by atoms with van der Waals surface area (Å²) in [7, 11) is 0. The van der Waals surface area contributed by atoms with Crippen molar-refractivity contribution in [2.45, 2.75) is 31.2 Å². The standard InChI is InChI=1S/C12H15N5O2S/c18-7-12(4-1-2-5-12)14-11(19)10-9(3-6-20-10)17-8-13-15-16-17/h3,6,8,18H,1-2,4-5,7H2,(H,14,19). The van der Waals surface area contributed by atoms with E-state index in [1.165, 1.54) is 22.3 Å². The maximum absolute atomic E-state index is 12.4. The van der Waals surface area contributed by atoms with Crippen molar-refractivity contribution in [2.24, 2.45) is 0 Å². The summed E-state index contributed by atoms with van der Waals surface area (Å²) < 4.78 is 1.46. The fraction of sp³-hybridized carbons (Fsp3) is 0.500. The van der Waals surface area contributed by atoms with Crippen LogP contribution in [0.15, 0.2) is 17.8 Å². The van der Waals surface area contributed by atoms with E-state index in [9.17, 15) is 9.90 Å². The molecule has 8 heteroatoms. The SMILES string of the molecule is O=C(NC1(CO)CCCC1)c1sccc1-n1cnnn1. The molecule has 0 aromatic carbocycles. The molecule has 2 aromatic rings. The van der Waals surface area contributed by atoms with Crippen molar-refractivity contribution in [2.75, 3.05) is 6.61 Å². The molecule has 0 bridgehead atoms. The maximum atomic E-state index is 12.4. The average Bonchev–Trinajstić information content (AvgIpc) is 3.19. The van der Waals surface area contributed by atoms with Gasteiger partial charge in [0.1, 0.15) is 11.2 Å². The van der Waals surface area contributed by atoms with Gasteiger partial charge in [-0.2, -0.15) is 4.68 Å². The van der Waals surface area contributed by atoms with Gasteiger partial charge >= 0.3 is 0 Å². The zero-order valence-electron chi connectivity index (χ0n) is 10.8. The molecule has 0 spiro atoms. The number of nitrogens with one attached hydrogen (secondary N) is 1. The Kier molecular flexibility index (Phi) is 3.49. The van der Waals surface area contributed by atoms with Gasteiger partial charge in [-0.05, 0) is 34.7 Å². The Morgan fingerprint density at radius 3 is 2.95 bits per heavy atom. The Labute approximate surface area is 119 Å². The molecule has 106 valence electrons. The molecule has 0 unspecified atom stereocenters. The van der Waals surface area contributed by atoms with Gasteiger partial charge in [-0.3, -0.25) is 4.79 Å². The van der Waals surface area contributed by atoms with Gasteiger partial charge in [0.15, 0.2) is 0 Å². The molecule has 20 heavy (non-hydrogen) atoms. The summed E-state index contributed by atoms with van der Waals surface area (Å²) in [6.45, 7) is -0.0235. The minimum absolute atomic E-state index is 0.0235. The Hall–Kier alpha value is -1.80. The van der Waals surface area contributed by atoms with E-state index in [2.05, 4.69) is 20.8 Å². The fourth-order valence-electron chi connectivity index (χ4n) is 2.60. The number of aliphatic hydroxyl groups is 1. The van der Waals surface area contributed by atoms with E-state index in [-0.39, 0.29) is 12.5 Å². The predicted molar refractivity (Wildman–Crippen MR) is 72.8 cm³/mol. The first-order chi connectivity index (χ1) is 9.74. The van der Waals surface area contributed by atoms with Gasteiger partial charge in [0.2, 0.25) is 0 Å². The Morgan fingerprint density at radius 1 is 1.50 bits per heavy atom. The molecular weight excluding hydrogens is 278 g/mol. The summed E-state index contributed by atoms with van der Waals surface area (Å²) in [5, 5.41) is 25.3. The van der Waals surface area contributed by atoms with Crippen LogP contribution in [-0.2, 0) is 0 Å². The number of hydrogen-bond acceptors (Lipinski definition) is 6. The molecular formula is C12H15N5O2S. The number of aliphatic hydroxyl groups excluding tert-OH is 1. The Bertz CT molecular complexity index is 589. The summed E-state index contributed by atoms with van der Waals surface area (Å²) in [5.41, 5.74) is 0.183. The molecule has 0 radical (unpaired) electrons. The molecule has 2 heterocycles. The number of tetrazole rings is 1. The molecule has 2 N–H and O–H groups in total. The minimum atomic E-state index is -0.473. The zero-order chi connectivity index (χ0) is 14.0. The number of carbonyl (C=O) groups is 1. The molecule has 0 aliphatic heterocycles. The number of rotatable bonds is 4. The third kappa shape index (κ3) is 2.32. The number of hydrogen-bond donors (Lipinski definition) is 2. The van der Waals surface area contributed by atoms with Crippen LogP contribution >= 0.6 is 11.3 Å². The molecule has 1 amide bonds. The molecule has 1 saturated carbocycles. The van der Waals surface area contributed by atoms with E-state index in [4.69, 9.17) is 0 Å². The van der Waals surface area contributed by atoms with Crippen molar-refractivity contribution in [3.63, 3.8) is 0 Å². The fourth-order valence-corrected chi connectivity index (χ4v) is 3.37. The lowest BCUT2D eigenvalue weighted by Crippen LogP contribution is -2.49. The third-order valence-corrected chi connectivity index (χ3v) is 4.59. The van der Waals surface area contributed by atoms with E-state index >= 15 is 0 Å². The van der Waals surface area contributed by atoms with Crippen LogP contribution in [0, 0.1) is 0 Å². The van der Waals surface area contributed by atoms with Crippen molar-refractivity contribution in [1.82, 2.24) is 25.5 Å². The van der Waals surface area contributed by atoms with Crippen LogP contribution in [0.1, 0.15) is 35.4 Å². The first-order valence-electron chi connectivity index (χ1n) is 6.48. The van der Waals surface area contributed by atoms with Gasteiger partial charge in [-0.1, -0.05) is 12.8 Å². The van der Waals surface area contributed by atoms with Crippen LogP contribution < -0.4 is 5.32 Å². The second-order valence-corrected chi connectivity index (χ2v) is 5.91. The summed E-state index contributed by atoms with van der Waals surface area (Å²) in [5.74, 6) is -0.179. The van der Waals surface area contributed by atoms with E-state index < -0.39 is 5.54 Å². The highest BCUT2D eigenvalue weighted by atomic mass is 32.1. The summed E-state index contributed by atoms with van der Waals surface area (Å²) >= 11 is 1.34. The average molecular weight is 293 g/mol. The van der Waals surface area contributed by atoms with E-state index in [1.807, 2.05) is 5.38 Å². The zero-order valence-corrected chi connectivity index (χ0v) is 11.6. The molecule has 1 aliphatic rings. The van der Waals surface area contributed by atoms with Gasteiger partial charge in [0, 0.05) is 0 Å². The smallest absolute Gasteiger partial charge is 0.264 e. The highest BCUT2D eigenvalue weighted by Crippen LogP contribution is 2.30.